The van der Waals surface area contributed by atoms with Crippen molar-refractivity contribution in [3.63, 3.8) is 0 Å². The number of benzene rings is 2. The van der Waals surface area contributed by atoms with Crippen molar-refractivity contribution in [3.8, 4) is 11.1 Å². The Hall–Kier alpha value is -4.53. The molecule has 198 valence electrons. The maximum atomic E-state index is 13.3. The molecule has 2 aliphatic heterocycles. The van der Waals surface area contributed by atoms with Crippen LogP contribution < -0.4 is 15.1 Å². The minimum atomic E-state index is -0.657. The molecular formula is C30H29FN6O2. The van der Waals surface area contributed by atoms with E-state index < -0.39 is 17.5 Å². The number of carbonyl (C=O) groups excluding carboxylic acids is 2. The van der Waals surface area contributed by atoms with E-state index in [-0.39, 0.29) is 0 Å². The van der Waals surface area contributed by atoms with E-state index in [2.05, 4.69) is 25.1 Å². The van der Waals surface area contributed by atoms with Crippen LogP contribution in [0.3, 0.4) is 0 Å². The number of piperazine rings is 1. The van der Waals surface area contributed by atoms with Crippen molar-refractivity contribution < 1.29 is 14.0 Å². The van der Waals surface area contributed by atoms with Crippen LogP contribution in [0.2, 0.25) is 0 Å². The molecule has 4 heterocycles. The van der Waals surface area contributed by atoms with E-state index >= 15 is 0 Å². The highest BCUT2D eigenvalue weighted by molar-refractivity contribution is 6.47. The van der Waals surface area contributed by atoms with Gasteiger partial charge in [0.1, 0.15) is 5.69 Å². The minimum Gasteiger partial charge on any atom is -0.365 e. The van der Waals surface area contributed by atoms with Crippen molar-refractivity contribution in [1.82, 2.24) is 14.5 Å². The molecule has 0 saturated carbocycles. The van der Waals surface area contributed by atoms with E-state index in [4.69, 9.17) is 0 Å². The lowest BCUT2D eigenvalue weighted by molar-refractivity contribution is -0.112. The number of rotatable bonds is 5. The van der Waals surface area contributed by atoms with Crippen LogP contribution in [0.1, 0.15) is 28.2 Å². The van der Waals surface area contributed by atoms with Gasteiger partial charge in [0.2, 0.25) is 5.95 Å². The van der Waals surface area contributed by atoms with Crippen molar-refractivity contribution in [2.75, 3.05) is 34.8 Å². The number of hydrogen-bond donors (Lipinski definition) is 1. The van der Waals surface area contributed by atoms with Crippen LogP contribution in [0.25, 0.3) is 11.1 Å². The number of aryl methyl sites for hydroxylation is 2. The monoisotopic (exact) mass is 524 g/mol. The van der Waals surface area contributed by atoms with Gasteiger partial charge in [-0.15, -0.1) is 0 Å². The molecule has 0 bridgehead atoms. The van der Waals surface area contributed by atoms with Crippen LogP contribution >= 0.6 is 0 Å². The number of amides is 1. The molecule has 1 atom stereocenters. The first kappa shape index (κ1) is 24.8. The first-order valence-electron chi connectivity index (χ1n) is 13.1. The molecule has 39 heavy (non-hydrogen) atoms. The van der Waals surface area contributed by atoms with Gasteiger partial charge < -0.3 is 19.7 Å². The lowest BCUT2D eigenvalue weighted by Crippen LogP contribution is -2.55. The quantitative estimate of drug-likeness (QED) is 0.308. The number of nitrogens with one attached hydrogen (secondary N) is 1. The zero-order valence-electron chi connectivity index (χ0n) is 21.9. The number of fused-ring (bicyclic) bond motifs is 3. The number of ketones is 1. The van der Waals surface area contributed by atoms with Crippen LogP contribution in [0.4, 0.5) is 21.7 Å². The summed E-state index contributed by atoms with van der Waals surface area (Å²) in [6, 6.07) is 17.7. The normalized spacial score (nSPS) is 16.4. The van der Waals surface area contributed by atoms with Gasteiger partial charge in [0.05, 0.1) is 12.4 Å². The second-order valence-corrected chi connectivity index (χ2v) is 10.1. The van der Waals surface area contributed by atoms with E-state index in [1.54, 1.807) is 11.6 Å². The summed E-state index contributed by atoms with van der Waals surface area (Å²) in [5.74, 6) is -1.12. The molecule has 1 saturated heterocycles. The second-order valence-electron chi connectivity index (χ2n) is 10.1. The molecule has 0 aliphatic carbocycles. The van der Waals surface area contributed by atoms with Gasteiger partial charge in [-0.1, -0.05) is 30.3 Å². The molecule has 0 spiro atoms. The molecular weight excluding hydrogens is 495 g/mol. The highest BCUT2D eigenvalue weighted by atomic mass is 19.1. The summed E-state index contributed by atoms with van der Waals surface area (Å²) >= 11 is 0. The largest absolute Gasteiger partial charge is 0.365 e. The van der Waals surface area contributed by atoms with Gasteiger partial charge in [0.25, 0.3) is 11.7 Å². The predicted octanol–water partition coefficient (Wildman–Crippen LogP) is 4.39. The van der Waals surface area contributed by atoms with Crippen molar-refractivity contribution in [2.45, 2.75) is 25.8 Å². The Morgan fingerprint density at radius 3 is 2.56 bits per heavy atom. The van der Waals surface area contributed by atoms with E-state index in [1.165, 1.54) is 12.4 Å². The molecule has 0 radical (unpaired) electrons. The van der Waals surface area contributed by atoms with E-state index in [0.29, 0.717) is 23.4 Å². The average molecular weight is 525 g/mol. The predicted molar refractivity (Wildman–Crippen MR) is 149 cm³/mol. The molecule has 8 nitrogen and oxygen atoms in total. The summed E-state index contributed by atoms with van der Waals surface area (Å²) < 4.78 is 15.0. The van der Waals surface area contributed by atoms with Crippen molar-refractivity contribution in [2.24, 2.45) is 7.05 Å². The average Bonchev–Trinajstić information content (AvgIpc) is 3.26. The minimum absolute atomic E-state index is 0.291. The third-order valence-electron chi connectivity index (χ3n) is 7.74. The molecule has 1 fully saturated rings. The highest BCUT2D eigenvalue weighted by Crippen LogP contribution is 2.35. The van der Waals surface area contributed by atoms with Gasteiger partial charge >= 0.3 is 0 Å². The Kier molecular flexibility index (Phi) is 6.34. The van der Waals surface area contributed by atoms with Gasteiger partial charge in [0.15, 0.2) is 5.82 Å². The molecule has 1 unspecified atom stereocenters. The Morgan fingerprint density at radius 2 is 1.79 bits per heavy atom. The topological polar surface area (TPSA) is 83.4 Å². The van der Waals surface area contributed by atoms with Crippen LogP contribution in [0, 0.1) is 12.7 Å². The summed E-state index contributed by atoms with van der Waals surface area (Å²) in [4.78, 5) is 39.2. The third kappa shape index (κ3) is 4.65. The standard InChI is InChI=1S/C30H29FN6O2/c1-19-14-25(20-6-4-3-5-7-20)27(35(19)2)28(38)29(39)34-23-9-11-26-21(15-23)8-10-24-18-36(12-13-37(24)26)30-32-16-22(31)17-33-30/h3-7,9,11,14-17,24H,8,10,12-13,18H2,1-2H3,(H,34,39). The van der Waals surface area contributed by atoms with Crippen LogP contribution in [0.5, 0.6) is 0 Å². The molecule has 2 aromatic heterocycles. The molecule has 2 aliphatic rings. The third-order valence-corrected chi connectivity index (χ3v) is 7.74. The van der Waals surface area contributed by atoms with Gasteiger partial charge in [-0.2, -0.15) is 0 Å². The Morgan fingerprint density at radius 1 is 1.03 bits per heavy atom. The summed E-state index contributed by atoms with van der Waals surface area (Å²) in [5, 5.41) is 2.83. The van der Waals surface area contributed by atoms with Gasteiger partial charge in [-0.3, -0.25) is 9.59 Å². The fraction of sp³-hybridized carbons (Fsp3) is 0.267. The smallest absolute Gasteiger partial charge is 0.298 e. The number of aromatic nitrogens is 3. The van der Waals surface area contributed by atoms with E-state index in [1.807, 2.05) is 61.5 Å². The van der Waals surface area contributed by atoms with Crippen molar-refractivity contribution >= 4 is 29.0 Å². The number of nitrogens with zero attached hydrogens (tertiary/aromatic N) is 5. The first-order chi connectivity index (χ1) is 18.9. The van der Waals surface area contributed by atoms with Gasteiger partial charge in [-0.25, -0.2) is 14.4 Å². The number of carbonyl (C=O) groups is 2. The zero-order chi connectivity index (χ0) is 27.1. The second kappa shape index (κ2) is 9.98. The summed E-state index contributed by atoms with van der Waals surface area (Å²) in [6.45, 7) is 4.20. The summed E-state index contributed by atoms with van der Waals surface area (Å²) in [6.07, 6.45) is 4.19. The molecule has 1 N–H and O–H groups in total. The Labute approximate surface area is 226 Å². The van der Waals surface area contributed by atoms with Gasteiger partial charge in [0, 0.05) is 55.4 Å². The molecule has 1 amide bonds. The first-order valence-corrected chi connectivity index (χ1v) is 13.1. The lowest BCUT2D eigenvalue weighted by atomic mass is 9.93. The fourth-order valence-corrected chi connectivity index (χ4v) is 5.67. The zero-order valence-corrected chi connectivity index (χ0v) is 21.9. The number of halogens is 1. The Balaban J connectivity index is 1.18. The molecule has 2 aromatic carbocycles. The van der Waals surface area contributed by atoms with Crippen molar-refractivity contribution in [3.05, 3.63) is 89.8 Å². The van der Waals surface area contributed by atoms with Crippen molar-refractivity contribution in [1.29, 1.82) is 0 Å². The van der Waals surface area contributed by atoms with Crippen LogP contribution in [0.15, 0.2) is 67.0 Å². The molecule has 6 rings (SSSR count). The summed E-state index contributed by atoms with van der Waals surface area (Å²) in [7, 11) is 1.81. The number of hydrogen-bond acceptors (Lipinski definition) is 6. The van der Waals surface area contributed by atoms with E-state index in [0.717, 1.165) is 60.5 Å². The highest BCUT2D eigenvalue weighted by Gasteiger charge is 2.33. The maximum absolute atomic E-state index is 13.3. The SMILES string of the molecule is Cc1cc(-c2ccccc2)c(C(=O)C(=O)Nc2ccc3c(c2)CCC2CN(c4ncc(F)cn4)CCN32)n1C. The number of Topliss-reactive ketones (excluding diaryl/α,β-unsaturated/α-hetero) is 1. The molecule has 9 heteroatoms. The fourth-order valence-electron chi connectivity index (χ4n) is 5.67. The van der Waals surface area contributed by atoms with Gasteiger partial charge in [-0.05, 0) is 55.2 Å². The molecule has 4 aromatic rings. The lowest BCUT2D eigenvalue weighted by Gasteiger charge is -2.46. The van der Waals surface area contributed by atoms with Crippen LogP contribution in [-0.2, 0) is 18.3 Å². The van der Waals surface area contributed by atoms with Crippen LogP contribution in [-0.4, -0.2) is 51.9 Å². The van der Waals surface area contributed by atoms with E-state index in [9.17, 15) is 14.0 Å². The Bertz CT molecular complexity index is 1550. The maximum Gasteiger partial charge on any atom is 0.298 e. The number of anilines is 3. The summed E-state index contributed by atoms with van der Waals surface area (Å²) in [5.41, 5.74) is 5.81.